The number of benzene rings is 1. The number of nitrogen functional groups attached to an aromatic ring is 1. The lowest BCUT2D eigenvalue weighted by Crippen LogP contribution is -1.90. The fraction of sp³-hybridized carbons (Fsp3) is 0. The minimum absolute atomic E-state index is 0.376. The summed E-state index contributed by atoms with van der Waals surface area (Å²) in [5.41, 5.74) is 6.62. The van der Waals surface area contributed by atoms with Crippen molar-refractivity contribution in [3.63, 3.8) is 0 Å². The standard InChI is InChI=1S/C11H8FN2/c12-10-4-2-1-3-9(10)8-5-6-11(13)14-7-8/h1-3,5-7H,(H2,13,14). The molecule has 2 nitrogen and oxygen atoms in total. The van der Waals surface area contributed by atoms with Gasteiger partial charge in [0, 0.05) is 23.4 Å². The third kappa shape index (κ3) is 1.57. The fourth-order valence-corrected chi connectivity index (χ4v) is 1.20. The quantitative estimate of drug-likeness (QED) is 0.743. The molecule has 0 saturated carbocycles. The van der Waals surface area contributed by atoms with Crippen LogP contribution in [0.2, 0.25) is 0 Å². The summed E-state index contributed by atoms with van der Waals surface area (Å²) in [6.07, 6.45) is 1.54. The van der Waals surface area contributed by atoms with Crippen LogP contribution in [0.4, 0.5) is 10.2 Å². The van der Waals surface area contributed by atoms with E-state index in [-0.39, 0.29) is 5.82 Å². The molecule has 0 spiro atoms. The van der Waals surface area contributed by atoms with Crippen LogP contribution >= 0.6 is 0 Å². The zero-order valence-electron chi connectivity index (χ0n) is 7.37. The zero-order valence-corrected chi connectivity index (χ0v) is 7.37. The molecule has 2 rings (SSSR count). The highest BCUT2D eigenvalue weighted by atomic mass is 19.1. The van der Waals surface area contributed by atoms with E-state index in [4.69, 9.17) is 5.73 Å². The minimum Gasteiger partial charge on any atom is -0.384 e. The van der Waals surface area contributed by atoms with Crippen molar-refractivity contribution in [1.29, 1.82) is 0 Å². The topological polar surface area (TPSA) is 38.9 Å². The molecule has 0 aliphatic carbocycles. The summed E-state index contributed by atoms with van der Waals surface area (Å²) in [6, 6.07) is 10.8. The average molecular weight is 187 g/mol. The number of hydrogen-bond donors (Lipinski definition) is 1. The maximum Gasteiger partial charge on any atom is 0.139 e. The van der Waals surface area contributed by atoms with Crippen LogP contribution in [0.3, 0.4) is 0 Å². The number of nitrogens with zero attached hydrogens (tertiary/aromatic N) is 1. The van der Waals surface area contributed by atoms with Gasteiger partial charge in [0.15, 0.2) is 0 Å². The lowest BCUT2D eigenvalue weighted by atomic mass is 10.1. The third-order valence-corrected chi connectivity index (χ3v) is 1.90. The Morgan fingerprint density at radius 3 is 2.79 bits per heavy atom. The van der Waals surface area contributed by atoms with Gasteiger partial charge in [-0.1, -0.05) is 18.2 Å². The third-order valence-electron chi connectivity index (χ3n) is 1.90. The van der Waals surface area contributed by atoms with Gasteiger partial charge in [0.1, 0.15) is 11.6 Å². The van der Waals surface area contributed by atoms with Gasteiger partial charge in [-0.15, -0.1) is 0 Å². The molecule has 69 valence electrons. The molecule has 0 aliphatic rings. The Balaban J connectivity index is 2.50. The number of pyridine rings is 1. The number of rotatable bonds is 1. The molecular weight excluding hydrogens is 179 g/mol. The van der Waals surface area contributed by atoms with Crippen LogP contribution < -0.4 is 5.73 Å². The Bertz CT molecular complexity index is 437. The second-order valence-corrected chi connectivity index (χ2v) is 2.87. The monoisotopic (exact) mass is 187 g/mol. The van der Waals surface area contributed by atoms with Crippen LogP contribution in [0.15, 0.2) is 36.5 Å². The maximum absolute atomic E-state index is 13.3. The van der Waals surface area contributed by atoms with E-state index in [9.17, 15) is 4.39 Å². The molecule has 2 aromatic rings. The normalized spacial score (nSPS) is 10.1. The summed E-state index contributed by atoms with van der Waals surface area (Å²) < 4.78 is 13.3. The molecule has 2 N–H and O–H groups in total. The highest BCUT2D eigenvalue weighted by Gasteiger charge is 2.03. The Hall–Kier alpha value is -1.90. The van der Waals surface area contributed by atoms with Gasteiger partial charge in [0.2, 0.25) is 0 Å². The largest absolute Gasteiger partial charge is 0.384 e. The Morgan fingerprint density at radius 1 is 1.29 bits per heavy atom. The number of anilines is 1. The van der Waals surface area contributed by atoms with Crippen LogP contribution in [-0.4, -0.2) is 4.98 Å². The van der Waals surface area contributed by atoms with Crippen molar-refractivity contribution in [3.8, 4) is 11.1 Å². The van der Waals surface area contributed by atoms with Gasteiger partial charge in [-0.2, -0.15) is 0 Å². The lowest BCUT2D eigenvalue weighted by Gasteiger charge is -2.01. The molecule has 0 unspecified atom stereocenters. The molecule has 0 aliphatic heterocycles. The van der Waals surface area contributed by atoms with Gasteiger partial charge in [-0.25, -0.2) is 9.37 Å². The van der Waals surface area contributed by atoms with Crippen LogP contribution in [0, 0.1) is 11.9 Å². The summed E-state index contributed by atoms with van der Waals surface area (Å²) in [7, 11) is 0. The van der Waals surface area contributed by atoms with Gasteiger partial charge < -0.3 is 5.73 Å². The minimum atomic E-state index is -0.376. The molecule has 0 amide bonds. The maximum atomic E-state index is 13.3. The predicted octanol–water partition coefficient (Wildman–Crippen LogP) is 2.27. The predicted molar refractivity (Wildman–Crippen MR) is 52.9 cm³/mol. The number of hydrogen-bond acceptors (Lipinski definition) is 2. The first-order chi connectivity index (χ1) is 6.77. The number of aromatic nitrogens is 1. The average Bonchev–Trinajstić information content (AvgIpc) is 2.20. The molecule has 1 aromatic carbocycles. The van der Waals surface area contributed by atoms with Crippen molar-refractivity contribution < 1.29 is 4.39 Å². The SMILES string of the molecule is Nc1ccc(-c2ccc[c]c2F)cn1. The first kappa shape index (κ1) is 8.69. The van der Waals surface area contributed by atoms with Crippen molar-refractivity contribution in [3.05, 3.63) is 48.4 Å². The first-order valence-electron chi connectivity index (χ1n) is 4.15. The van der Waals surface area contributed by atoms with E-state index in [1.807, 2.05) is 0 Å². The summed E-state index contributed by atoms with van der Waals surface area (Å²) >= 11 is 0. The molecule has 0 fully saturated rings. The number of halogens is 1. The first-order valence-corrected chi connectivity index (χ1v) is 4.15. The second kappa shape index (κ2) is 3.46. The van der Waals surface area contributed by atoms with Crippen LogP contribution in [0.5, 0.6) is 0 Å². The van der Waals surface area contributed by atoms with Gasteiger partial charge >= 0.3 is 0 Å². The van der Waals surface area contributed by atoms with Gasteiger partial charge in [-0.05, 0) is 12.1 Å². The lowest BCUT2D eigenvalue weighted by molar-refractivity contribution is 0.629. The summed E-state index contributed by atoms with van der Waals surface area (Å²) in [5.74, 6) is 0.0492. The fourth-order valence-electron chi connectivity index (χ4n) is 1.20. The van der Waals surface area contributed by atoms with E-state index in [1.54, 1.807) is 30.5 Å². The smallest absolute Gasteiger partial charge is 0.139 e. The Kier molecular flexibility index (Phi) is 2.14. The van der Waals surface area contributed by atoms with E-state index in [0.717, 1.165) is 0 Å². The van der Waals surface area contributed by atoms with Crippen LogP contribution in [-0.2, 0) is 0 Å². The van der Waals surface area contributed by atoms with Gasteiger partial charge in [0.05, 0.1) is 0 Å². The van der Waals surface area contributed by atoms with Crippen molar-refractivity contribution in [2.45, 2.75) is 0 Å². The van der Waals surface area contributed by atoms with E-state index in [2.05, 4.69) is 11.1 Å². The molecular formula is C11H8FN2. The molecule has 14 heavy (non-hydrogen) atoms. The van der Waals surface area contributed by atoms with E-state index in [0.29, 0.717) is 16.9 Å². The molecule has 1 aromatic heterocycles. The van der Waals surface area contributed by atoms with Crippen LogP contribution in [0.25, 0.3) is 11.1 Å². The van der Waals surface area contributed by atoms with Crippen LogP contribution in [0.1, 0.15) is 0 Å². The Morgan fingerprint density at radius 2 is 2.14 bits per heavy atom. The van der Waals surface area contributed by atoms with Crippen molar-refractivity contribution in [2.75, 3.05) is 5.73 Å². The zero-order chi connectivity index (χ0) is 9.97. The molecule has 0 atom stereocenters. The van der Waals surface area contributed by atoms with Crippen molar-refractivity contribution >= 4 is 5.82 Å². The highest BCUT2D eigenvalue weighted by molar-refractivity contribution is 5.63. The van der Waals surface area contributed by atoms with Crippen molar-refractivity contribution in [1.82, 2.24) is 4.98 Å². The molecule has 0 bridgehead atoms. The van der Waals surface area contributed by atoms with E-state index < -0.39 is 0 Å². The summed E-state index contributed by atoms with van der Waals surface area (Å²) in [4.78, 5) is 3.89. The summed E-state index contributed by atoms with van der Waals surface area (Å²) in [5, 5.41) is 0. The highest BCUT2D eigenvalue weighted by Crippen LogP contribution is 2.21. The van der Waals surface area contributed by atoms with E-state index in [1.165, 1.54) is 6.07 Å². The molecule has 1 radical (unpaired) electrons. The van der Waals surface area contributed by atoms with Gasteiger partial charge in [0.25, 0.3) is 0 Å². The molecule has 1 heterocycles. The molecule has 3 heteroatoms. The van der Waals surface area contributed by atoms with Gasteiger partial charge in [-0.3, -0.25) is 0 Å². The second-order valence-electron chi connectivity index (χ2n) is 2.87. The summed E-state index contributed by atoms with van der Waals surface area (Å²) in [6.45, 7) is 0. The van der Waals surface area contributed by atoms with E-state index >= 15 is 0 Å². The van der Waals surface area contributed by atoms with Crippen molar-refractivity contribution in [2.24, 2.45) is 0 Å². The number of nitrogens with two attached hydrogens (primary N) is 1. The molecule has 0 saturated heterocycles. The Labute approximate surface area is 81.2 Å².